The molecule has 0 unspecified atom stereocenters. The molecular formula is C30H21BrIN3O2. The van der Waals surface area contributed by atoms with E-state index in [1.165, 1.54) is 6.21 Å². The standard InChI is InChI=1S/C30H21BrIN3O2/c31-25-17-20(18-26(32)29(25)36)19-33-34-30(37)23-11-13-24(14-12-23)35-27(21-7-3-1-4-8-21)15-16-28(35)22-9-5-2-6-10-22/h1-19,36H,(H,34,37)/b33-19-. The first-order valence-corrected chi connectivity index (χ1v) is 13.3. The lowest BCUT2D eigenvalue weighted by molar-refractivity contribution is 0.0955. The number of benzene rings is 4. The van der Waals surface area contributed by atoms with Crippen molar-refractivity contribution in [3.8, 4) is 34.0 Å². The predicted molar refractivity (Wildman–Crippen MR) is 160 cm³/mol. The first kappa shape index (κ1) is 25.0. The number of amides is 1. The van der Waals surface area contributed by atoms with Crippen molar-refractivity contribution in [1.29, 1.82) is 0 Å². The normalized spacial score (nSPS) is 11.1. The van der Waals surface area contributed by atoms with E-state index in [0.29, 0.717) is 13.6 Å². The van der Waals surface area contributed by atoms with E-state index in [1.54, 1.807) is 24.3 Å². The third-order valence-corrected chi connectivity index (χ3v) is 7.25. The summed E-state index contributed by atoms with van der Waals surface area (Å²) in [6.45, 7) is 0. The monoisotopic (exact) mass is 661 g/mol. The molecule has 0 saturated heterocycles. The van der Waals surface area contributed by atoms with Crippen molar-refractivity contribution in [2.75, 3.05) is 0 Å². The predicted octanol–water partition coefficient (Wildman–Crippen LogP) is 7.65. The van der Waals surface area contributed by atoms with Crippen molar-refractivity contribution in [1.82, 2.24) is 9.99 Å². The Bertz CT molecular complexity index is 1500. The molecule has 0 fully saturated rings. The number of nitrogens with zero attached hydrogens (tertiary/aromatic N) is 2. The Labute approximate surface area is 236 Å². The van der Waals surface area contributed by atoms with E-state index in [-0.39, 0.29) is 11.7 Å². The summed E-state index contributed by atoms with van der Waals surface area (Å²) in [5.41, 5.74) is 9.12. The highest BCUT2D eigenvalue weighted by atomic mass is 127. The van der Waals surface area contributed by atoms with Crippen LogP contribution >= 0.6 is 38.5 Å². The van der Waals surface area contributed by atoms with E-state index in [1.807, 2.05) is 71.1 Å². The highest BCUT2D eigenvalue weighted by Crippen LogP contribution is 2.33. The molecule has 0 radical (unpaired) electrons. The lowest BCUT2D eigenvalue weighted by atomic mass is 10.1. The van der Waals surface area contributed by atoms with Gasteiger partial charge in [-0.15, -0.1) is 0 Å². The van der Waals surface area contributed by atoms with Gasteiger partial charge in [-0.3, -0.25) is 4.79 Å². The molecule has 0 aliphatic carbocycles. The summed E-state index contributed by atoms with van der Waals surface area (Å²) in [6.07, 6.45) is 1.54. The highest BCUT2D eigenvalue weighted by molar-refractivity contribution is 14.1. The average molecular weight is 662 g/mol. The molecule has 182 valence electrons. The number of carbonyl (C=O) groups excluding carboxylic acids is 1. The molecule has 5 aromatic rings. The second-order valence-corrected chi connectivity index (χ2v) is 10.3. The Hall–Kier alpha value is -3.69. The van der Waals surface area contributed by atoms with E-state index in [9.17, 15) is 9.90 Å². The number of hydrazone groups is 1. The number of hydrogen-bond acceptors (Lipinski definition) is 3. The number of aromatic hydroxyl groups is 1. The molecule has 1 amide bonds. The molecule has 7 heteroatoms. The van der Waals surface area contributed by atoms with Crippen LogP contribution in [0.3, 0.4) is 0 Å². The molecule has 1 aromatic heterocycles. The lowest BCUT2D eigenvalue weighted by Gasteiger charge is -2.15. The summed E-state index contributed by atoms with van der Waals surface area (Å²) in [6, 6.07) is 35.7. The summed E-state index contributed by atoms with van der Waals surface area (Å²) in [7, 11) is 0. The van der Waals surface area contributed by atoms with Gasteiger partial charge in [0.1, 0.15) is 5.75 Å². The molecule has 37 heavy (non-hydrogen) atoms. The Morgan fingerprint density at radius 1 is 0.838 bits per heavy atom. The maximum Gasteiger partial charge on any atom is 0.271 e. The molecule has 2 N–H and O–H groups in total. The van der Waals surface area contributed by atoms with E-state index in [2.05, 4.69) is 67.4 Å². The fraction of sp³-hybridized carbons (Fsp3) is 0. The van der Waals surface area contributed by atoms with Gasteiger partial charge in [-0.2, -0.15) is 5.10 Å². The Balaban J connectivity index is 1.41. The molecule has 5 nitrogen and oxygen atoms in total. The van der Waals surface area contributed by atoms with E-state index in [0.717, 1.165) is 33.8 Å². The van der Waals surface area contributed by atoms with Gasteiger partial charge in [0.2, 0.25) is 0 Å². The topological polar surface area (TPSA) is 66.6 Å². The quantitative estimate of drug-likeness (QED) is 0.112. The summed E-state index contributed by atoms with van der Waals surface area (Å²) < 4.78 is 3.46. The van der Waals surface area contributed by atoms with Crippen LogP contribution in [0.25, 0.3) is 28.2 Å². The lowest BCUT2D eigenvalue weighted by Crippen LogP contribution is -2.17. The molecule has 1 heterocycles. The molecule has 5 rings (SSSR count). The SMILES string of the molecule is O=C(N/N=C\c1cc(Br)c(O)c(I)c1)c1ccc(-n2c(-c3ccccc3)ccc2-c2ccccc2)cc1. The minimum atomic E-state index is -0.311. The molecule has 0 bridgehead atoms. The fourth-order valence-electron chi connectivity index (χ4n) is 4.03. The van der Waals surface area contributed by atoms with Crippen molar-refractivity contribution in [3.05, 3.63) is 128 Å². The third-order valence-electron chi connectivity index (χ3n) is 5.83. The first-order valence-electron chi connectivity index (χ1n) is 11.5. The zero-order chi connectivity index (χ0) is 25.8. The van der Waals surface area contributed by atoms with Gasteiger partial charge in [0.05, 0.1) is 25.6 Å². The van der Waals surface area contributed by atoms with E-state index < -0.39 is 0 Å². The van der Waals surface area contributed by atoms with Gasteiger partial charge >= 0.3 is 0 Å². The molecule has 4 aromatic carbocycles. The van der Waals surface area contributed by atoms with Gasteiger partial charge in [-0.25, -0.2) is 5.43 Å². The molecule has 0 aliphatic rings. The second-order valence-electron chi connectivity index (χ2n) is 8.25. The van der Waals surface area contributed by atoms with Crippen molar-refractivity contribution in [2.45, 2.75) is 0 Å². The largest absolute Gasteiger partial charge is 0.506 e. The Kier molecular flexibility index (Phi) is 7.52. The van der Waals surface area contributed by atoms with Gasteiger partial charge in [0.25, 0.3) is 5.91 Å². The van der Waals surface area contributed by atoms with Crippen molar-refractivity contribution >= 4 is 50.6 Å². The zero-order valence-electron chi connectivity index (χ0n) is 19.5. The summed E-state index contributed by atoms with van der Waals surface area (Å²) in [5.74, 6) is -0.134. The average Bonchev–Trinajstić information content (AvgIpc) is 3.38. The maximum absolute atomic E-state index is 12.7. The van der Waals surface area contributed by atoms with Crippen LogP contribution in [0, 0.1) is 3.57 Å². The van der Waals surface area contributed by atoms with Crippen molar-refractivity contribution < 1.29 is 9.90 Å². The summed E-state index contributed by atoms with van der Waals surface area (Å²) >= 11 is 5.35. The number of rotatable bonds is 6. The summed E-state index contributed by atoms with van der Waals surface area (Å²) in [5, 5.41) is 14.0. The minimum absolute atomic E-state index is 0.176. The van der Waals surface area contributed by atoms with Crippen LogP contribution < -0.4 is 5.43 Å². The van der Waals surface area contributed by atoms with Crippen molar-refractivity contribution in [3.63, 3.8) is 0 Å². The number of phenols is 1. The molecule has 0 saturated carbocycles. The van der Waals surface area contributed by atoms with E-state index >= 15 is 0 Å². The molecular weight excluding hydrogens is 641 g/mol. The second kappa shape index (κ2) is 11.1. The number of carbonyl (C=O) groups is 1. The van der Waals surface area contributed by atoms with Gasteiger partial charge in [-0.05, 0) is 104 Å². The number of aromatic nitrogens is 1. The maximum atomic E-state index is 12.7. The first-order chi connectivity index (χ1) is 18.0. The van der Waals surface area contributed by atoms with Gasteiger partial charge in [0.15, 0.2) is 0 Å². The van der Waals surface area contributed by atoms with E-state index in [4.69, 9.17) is 0 Å². The van der Waals surface area contributed by atoms with Gasteiger partial charge in [0, 0.05) is 11.3 Å². The molecule has 0 atom stereocenters. The van der Waals surface area contributed by atoms with Gasteiger partial charge in [-0.1, -0.05) is 60.7 Å². The van der Waals surface area contributed by atoms with Crippen LogP contribution in [-0.4, -0.2) is 21.8 Å². The van der Waals surface area contributed by atoms with Crippen LogP contribution in [0.1, 0.15) is 15.9 Å². The van der Waals surface area contributed by atoms with Crippen LogP contribution in [0.2, 0.25) is 0 Å². The summed E-state index contributed by atoms with van der Waals surface area (Å²) in [4.78, 5) is 12.7. The zero-order valence-corrected chi connectivity index (χ0v) is 23.2. The highest BCUT2D eigenvalue weighted by Gasteiger charge is 2.14. The Morgan fingerprint density at radius 2 is 1.41 bits per heavy atom. The van der Waals surface area contributed by atoms with Crippen LogP contribution in [0.4, 0.5) is 0 Å². The van der Waals surface area contributed by atoms with Crippen LogP contribution in [0.5, 0.6) is 5.75 Å². The van der Waals surface area contributed by atoms with Crippen molar-refractivity contribution in [2.24, 2.45) is 5.10 Å². The van der Waals surface area contributed by atoms with Crippen LogP contribution in [-0.2, 0) is 0 Å². The minimum Gasteiger partial charge on any atom is -0.506 e. The van der Waals surface area contributed by atoms with Crippen LogP contribution in [0.15, 0.2) is 119 Å². The fourth-order valence-corrected chi connectivity index (χ4v) is 5.53. The number of hydrogen-bond donors (Lipinski definition) is 2. The van der Waals surface area contributed by atoms with Gasteiger partial charge < -0.3 is 9.67 Å². The third kappa shape index (κ3) is 5.52. The number of phenolic OH excluding ortho intramolecular Hbond substituents is 1. The Morgan fingerprint density at radius 3 is 1.95 bits per heavy atom. The number of nitrogens with one attached hydrogen (secondary N) is 1. The molecule has 0 spiro atoms. The number of halogens is 2. The smallest absolute Gasteiger partial charge is 0.271 e. The molecule has 0 aliphatic heterocycles.